The van der Waals surface area contributed by atoms with E-state index in [-0.39, 0.29) is 11.5 Å². The van der Waals surface area contributed by atoms with Crippen molar-refractivity contribution in [2.24, 2.45) is 10.4 Å². The fraction of sp³-hybridized carbons (Fsp3) is 0.526. The lowest BCUT2D eigenvalue weighted by atomic mass is 9.61. The largest absolute Gasteiger partial charge is 0.393 e. The van der Waals surface area contributed by atoms with Crippen LogP contribution in [0.5, 0.6) is 0 Å². The summed E-state index contributed by atoms with van der Waals surface area (Å²) >= 11 is 0. The Balaban J connectivity index is 1.38. The second-order valence-electron chi connectivity index (χ2n) is 7.11. The van der Waals surface area contributed by atoms with Crippen molar-refractivity contribution in [3.63, 3.8) is 0 Å². The van der Waals surface area contributed by atoms with Crippen LogP contribution in [-0.4, -0.2) is 30.0 Å². The molecule has 3 heteroatoms. The van der Waals surface area contributed by atoms with Gasteiger partial charge in [0.2, 0.25) is 0 Å². The molecule has 2 saturated carbocycles. The van der Waals surface area contributed by atoms with Gasteiger partial charge in [-0.25, -0.2) is 0 Å². The molecule has 2 aliphatic carbocycles. The van der Waals surface area contributed by atoms with E-state index < -0.39 is 0 Å². The predicted octanol–water partition coefficient (Wildman–Crippen LogP) is 3.02. The smallest absolute Gasteiger partial charge is 0.0558 e. The molecule has 1 aromatic rings. The van der Waals surface area contributed by atoms with Gasteiger partial charge in [-0.05, 0) is 43.2 Å². The zero-order valence-corrected chi connectivity index (χ0v) is 12.9. The van der Waals surface area contributed by atoms with Gasteiger partial charge in [0, 0.05) is 36.3 Å². The van der Waals surface area contributed by atoms with Crippen molar-refractivity contribution in [2.45, 2.75) is 50.2 Å². The lowest BCUT2D eigenvalue weighted by Gasteiger charge is -2.48. The number of aliphatic hydroxyl groups is 1. The van der Waals surface area contributed by atoms with Gasteiger partial charge in [0.15, 0.2) is 0 Å². The molecule has 1 aromatic carbocycles. The van der Waals surface area contributed by atoms with Gasteiger partial charge < -0.3 is 10.4 Å². The second-order valence-corrected chi connectivity index (χ2v) is 7.11. The Labute approximate surface area is 132 Å². The van der Waals surface area contributed by atoms with E-state index in [0.717, 1.165) is 32.2 Å². The first-order chi connectivity index (χ1) is 10.8. The Kier molecular flexibility index (Phi) is 3.63. The molecule has 0 spiro atoms. The van der Waals surface area contributed by atoms with Crippen LogP contribution in [0.4, 0.5) is 0 Å². The number of rotatable bonds is 5. The molecule has 3 nitrogen and oxygen atoms in total. The minimum absolute atomic E-state index is 0.127. The summed E-state index contributed by atoms with van der Waals surface area (Å²) in [5.41, 5.74) is 3.04. The molecule has 3 aliphatic rings. The minimum atomic E-state index is -0.127. The van der Waals surface area contributed by atoms with Gasteiger partial charge in [-0.1, -0.05) is 30.3 Å². The number of hydrogen-bond donors (Lipinski definition) is 2. The Morgan fingerprint density at radius 2 is 2.05 bits per heavy atom. The van der Waals surface area contributed by atoms with E-state index in [0.29, 0.717) is 12.0 Å². The van der Waals surface area contributed by atoms with E-state index in [1.807, 2.05) is 12.4 Å². The highest BCUT2D eigenvalue weighted by Gasteiger charge is 2.48. The third-order valence-electron chi connectivity index (χ3n) is 5.53. The Hall–Kier alpha value is -1.45. The average Bonchev–Trinajstić information content (AvgIpc) is 3.32. The summed E-state index contributed by atoms with van der Waals surface area (Å²) in [6.45, 7) is 0.986. The molecule has 0 bridgehead atoms. The summed E-state index contributed by atoms with van der Waals surface area (Å²) in [5, 5.41) is 13.6. The van der Waals surface area contributed by atoms with Gasteiger partial charge in [-0.2, -0.15) is 0 Å². The molecule has 1 aliphatic heterocycles. The highest BCUT2D eigenvalue weighted by molar-refractivity contribution is 5.60. The molecular formula is C19H24N2O. The Bertz CT molecular complexity index is 587. The van der Waals surface area contributed by atoms with E-state index in [4.69, 9.17) is 0 Å². The standard InChI is InChI=1S/C19H24N2O/c22-16-10-19(11-16,15-7-4-8-20-12-15)13-21-18-9-17(18)14-5-2-1-3-6-14/h1-3,5-6,8,12,16-18,21-22H,4,7,9-11,13H2/t16?,17?,18-,19?/m0/s1. The van der Waals surface area contributed by atoms with Crippen LogP contribution in [0.2, 0.25) is 0 Å². The van der Waals surface area contributed by atoms with Crippen molar-refractivity contribution in [3.05, 3.63) is 47.7 Å². The summed E-state index contributed by atoms with van der Waals surface area (Å²) in [6.07, 6.45) is 9.07. The minimum Gasteiger partial charge on any atom is -0.393 e. The third kappa shape index (κ3) is 2.64. The van der Waals surface area contributed by atoms with Gasteiger partial charge in [0.25, 0.3) is 0 Å². The topological polar surface area (TPSA) is 44.6 Å². The maximum absolute atomic E-state index is 9.83. The number of benzene rings is 1. The van der Waals surface area contributed by atoms with E-state index in [1.165, 1.54) is 17.6 Å². The van der Waals surface area contributed by atoms with Crippen LogP contribution in [0, 0.1) is 5.41 Å². The summed E-state index contributed by atoms with van der Waals surface area (Å²) < 4.78 is 0. The Morgan fingerprint density at radius 3 is 2.73 bits per heavy atom. The summed E-state index contributed by atoms with van der Waals surface area (Å²) in [4.78, 5) is 4.34. The van der Waals surface area contributed by atoms with Crippen molar-refractivity contribution in [3.8, 4) is 0 Å². The number of nitrogens with one attached hydrogen (secondary N) is 1. The van der Waals surface area contributed by atoms with Crippen molar-refractivity contribution < 1.29 is 5.11 Å². The van der Waals surface area contributed by atoms with Gasteiger partial charge in [0.1, 0.15) is 0 Å². The van der Waals surface area contributed by atoms with E-state index in [1.54, 1.807) is 0 Å². The molecule has 2 atom stereocenters. The number of hydrogen-bond acceptors (Lipinski definition) is 3. The molecule has 0 saturated heterocycles. The second kappa shape index (κ2) is 5.64. The molecular weight excluding hydrogens is 272 g/mol. The van der Waals surface area contributed by atoms with E-state index in [9.17, 15) is 5.11 Å². The molecule has 0 amide bonds. The highest BCUT2D eigenvalue weighted by Crippen LogP contribution is 2.50. The first-order valence-corrected chi connectivity index (χ1v) is 8.44. The Morgan fingerprint density at radius 1 is 1.23 bits per heavy atom. The van der Waals surface area contributed by atoms with Crippen LogP contribution < -0.4 is 5.32 Å². The predicted molar refractivity (Wildman–Crippen MR) is 89.1 cm³/mol. The summed E-state index contributed by atoms with van der Waals surface area (Å²) in [5.74, 6) is 0.668. The average molecular weight is 296 g/mol. The number of aliphatic hydroxyl groups excluding tert-OH is 1. The van der Waals surface area contributed by atoms with Gasteiger partial charge in [0.05, 0.1) is 6.10 Å². The van der Waals surface area contributed by atoms with Crippen LogP contribution in [0.1, 0.15) is 43.6 Å². The molecule has 0 aromatic heterocycles. The zero-order valence-electron chi connectivity index (χ0n) is 12.9. The van der Waals surface area contributed by atoms with Crippen LogP contribution in [0.25, 0.3) is 0 Å². The molecule has 0 radical (unpaired) electrons. The van der Waals surface area contributed by atoms with E-state index in [2.05, 4.69) is 40.6 Å². The zero-order chi connectivity index (χ0) is 15.0. The van der Waals surface area contributed by atoms with Crippen molar-refractivity contribution in [1.29, 1.82) is 0 Å². The molecule has 4 rings (SSSR count). The molecule has 2 N–H and O–H groups in total. The van der Waals surface area contributed by atoms with Crippen molar-refractivity contribution in [2.75, 3.05) is 6.54 Å². The first kappa shape index (κ1) is 14.2. The summed E-state index contributed by atoms with van der Waals surface area (Å²) in [6, 6.07) is 11.4. The molecule has 2 fully saturated rings. The normalized spacial score (nSPS) is 36.6. The highest BCUT2D eigenvalue weighted by atomic mass is 16.3. The lowest BCUT2D eigenvalue weighted by Crippen LogP contribution is -2.49. The quantitative estimate of drug-likeness (QED) is 0.877. The molecule has 1 unspecified atom stereocenters. The molecule has 1 heterocycles. The van der Waals surface area contributed by atoms with Crippen molar-refractivity contribution >= 4 is 6.21 Å². The van der Waals surface area contributed by atoms with Gasteiger partial charge in [-0.15, -0.1) is 0 Å². The maximum Gasteiger partial charge on any atom is 0.0558 e. The monoisotopic (exact) mass is 296 g/mol. The van der Waals surface area contributed by atoms with Crippen LogP contribution in [0.15, 0.2) is 47.1 Å². The SMILES string of the molecule is OC1CC(CN[C@H]2CC2c2ccccc2)(C2=CN=CCC2)C1. The van der Waals surface area contributed by atoms with Gasteiger partial charge >= 0.3 is 0 Å². The number of nitrogens with zero attached hydrogens (tertiary/aromatic N) is 1. The summed E-state index contributed by atoms with van der Waals surface area (Å²) in [7, 11) is 0. The number of aliphatic imine (C=N–C) groups is 1. The van der Waals surface area contributed by atoms with Crippen molar-refractivity contribution in [1.82, 2.24) is 5.32 Å². The van der Waals surface area contributed by atoms with Gasteiger partial charge in [-0.3, -0.25) is 4.99 Å². The molecule has 22 heavy (non-hydrogen) atoms. The third-order valence-corrected chi connectivity index (χ3v) is 5.53. The fourth-order valence-corrected chi connectivity index (χ4v) is 4.08. The first-order valence-electron chi connectivity index (χ1n) is 8.44. The van der Waals surface area contributed by atoms with Crippen LogP contribution in [0.3, 0.4) is 0 Å². The van der Waals surface area contributed by atoms with E-state index >= 15 is 0 Å². The van der Waals surface area contributed by atoms with Crippen LogP contribution in [-0.2, 0) is 0 Å². The fourth-order valence-electron chi connectivity index (χ4n) is 4.08. The van der Waals surface area contributed by atoms with Crippen LogP contribution >= 0.6 is 0 Å². The molecule has 116 valence electrons. The lowest BCUT2D eigenvalue weighted by molar-refractivity contribution is -0.0101. The maximum atomic E-state index is 9.83.